The Hall–Kier alpha value is -1.33. The largest absolute Gasteiger partial charge is 0.489 e. The highest BCUT2D eigenvalue weighted by Gasteiger charge is 2.17. The first kappa shape index (κ1) is 12.1. The number of rotatable bonds is 4. The van der Waals surface area contributed by atoms with Gasteiger partial charge in [0.2, 0.25) is 0 Å². The Balaban J connectivity index is 2.07. The minimum atomic E-state index is -0.615. The second-order valence-corrected chi connectivity index (χ2v) is 4.41. The van der Waals surface area contributed by atoms with E-state index in [0.29, 0.717) is 23.4 Å². The van der Waals surface area contributed by atoms with Gasteiger partial charge in [-0.2, -0.15) is 0 Å². The summed E-state index contributed by atoms with van der Waals surface area (Å²) in [5.74, 6) is -0.269. The summed E-state index contributed by atoms with van der Waals surface area (Å²) in [6, 6.07) is 1.87. The molecule has 0 spiro atoms. The molecule has 6 heteroatoms. The van der Waals surface area contributed by atoms with Crippen molar-refractivity contribution < 1.29 is 9.53 Å². The minimum Gasteiger partial charge on any atom is -0.489 e. The van der Waals surface area contributed by atoms with E-state index < -0.39 is 5.91 Å². The van der Waals surface area contributed by atoms with Crippen LogP contribution in [0.4, 0.5) is 0 Å². The quantitative estimate of drug-likeness (QED) is 0.840. The van der Waals surface area contributed by atoms with E-state index in [9.17, 15) is 4.79 Å². The molecule has 3 N–H and O–H groups in total. The molecular weight excluding hydrogens is 242 g/mol. The third-order valence-corrected chi connectivity index (χ3v) is 2.86. The number of amides is 1. The Kier molecular flexibility index (Phi) is 3.81. The Labute approximate surface area is 104 Å². The van der Waals surface area contributed by atoms with E-state index in [4.69, 9.17) is 22.1 Å². The highest BCUT2D eigenvalue weighted by atomic mass is 35.5. The van der Waals surface area contributed by atoms with Crippen LogP contribution in [0.2, 0.25) is 5.02 Å². The highest BCUT2D eigenvalue weighted by Crippen LogP contribution is 2.21. The first-order chi connectivity index (χ1) is 8.16. The topological polar surface area (TPSA) is 77.2 Å². The second-order valence-electron chi connectivity index (χ2n) is 3.97. The molecule has 1 aromatic heterocycles. The molecule has 1 aromatic rings. The summed E-state index contributed by atoms with van der Waals surface area (Å²) in [5, 5.41) is 3.72. The maximum absolute atomic E-state index is 11.2. The molecule has 0 aromatic carbocycles. The van der Waals surface area contributed by atoms with Crippen LogP contribution in [0.25, 0.3) is 0 Å². The van der Waals surface area contributed by atoms with Crippen molar-refractivity contribution in [1.29, 1.82) is 0 Å². The van der Waals surface area contributed by atoms with Gasteiger partial charge in [0.1, 0.15) is 6.61 Å². The van der Waals surface area contributed by atoms with Crippen LogP contribution in [0.3, 0.4) is 0 Å². The fourth-order valence-corrected chi connectivity index (χ4v) is 1.95. The monoisotopic (exact) mass is 255 g/mol. The third-order valence-electron chi connectivity index (χ3n) is 2.66. The molecule has 1 amide bonds. The number of pyridine rings is 1. The van der Waals surface area contributed by atoms with Crippen LogP contribution in [0.1, 0.15) is 23.3 Å². The number of hydrogen-bond acceptors (Lipinski definition) is 4. The van der Waals surface area contributed by atoms with E-state index in [-0.39, 0.29) is 5.69 Å². The number of halogens is 1. The number of carbonyl (C=O) groups excluding carboxylic acids is 1. The average Bonchev–Trinajstić information content (AvgIpc) is 2.78. The molecule has 1 atom stereocenters. The Morgan fingerprint density at radius 3 is 3.18 bits per heavy atom. The fourth-order valence-electron chi connectivity index (χ4n) is 1.81. The maximum Gasteiger partial charge on any atom is 0.271 e. The lowest BCUT2D eigenvalue weighted by atomic mass is 10.2. The molecule has 0 aliphatic carbocycles. The van der Waals surface area contributed by atoms with Crippen LogP contribution >= 0.6 is 11.6 Å². The fraction of sp³-hybridized carbons (Fsp3) is 0.455. The van der Waals surface area contributed by atoms with Crippen LogP contribution < -0.4 is 15.8 Å². The van der Waals surface area contributed by atoms with Crippen molar-refractivity contribution in [3.05, 3.63) is 23.0 Å². The maximum atomic E-state index is 11.2. The van der Waals surface area contributed by atoms with Gasteiger partial charge in [0.15, 0.2) is 11.4 Å². The predicted octanol–water partition coefficient (Wildman–Crippen LogP) is 0.965. The van der Waals surface area contributed by atoms with Gasteiger partial charge in [0.05, 0.1) is 5.02 Å². The minimum absolute atomic E-state index is 0.118. The van der Waals surface area contributed by atoms with E-state index >= 15 is 0 Å². The number of primary amides is 1. The molecule has 5 nitrogen and oxygen atoms in total. The third kappa shape index (κ3) is 3.08. The summed E-state index contributed by atoms with van der Waals surface area (Å²) in [7, 11) is 0. The number of aromatic nitrogens is 1. The van der Waals surface area contributed by atoms with Crippen molar-refractivity contribution in [2.75, 3.05) is 13.2 Å². The van der Waals surface area contributed by atoms with Crippen LogP contribution in [-0.2, 0) is 0 Å². The molecule has 1 aliphatic rings. The van der Waals surface area contributed by atoms with Crippen molar-refractivity contribution >= 4 is 17.5 Å². The SMILES string of the molecule is NC(=O)c1ncc(Cl)cc1OC[C@H]1CCCN1. The highest BCUT2D eigenvalue weighted by molar-refractivity contribution is 6.30. The predicted molar refractivity (Wildman–Crippen MR) is 64.3 cm³/mol. The van der Waals surface area contributed by atoms with Crippen LogP contribution in [0.5, 0.6) is 5.75 Å². The van der Waals surface area contributed by atoms with Gasteiger partial charge in [0, 0.05) is 18.3 Å². The van der Waals surface area contributed by atoms with Gasteiger partial charge in [-0.3, -0.25) is 4.79 Å². The van der Waals surface area contributed by atoms with E-state index in [1.807, 2.05) is 0 Å². The summed E-state index contributed by atoms with van der Waals surface area (Å²) in [4.78, 5) is 15.0. The standard InChI is InChI=1S/C11H14ClN3O2/c12-7-4-9(10(11(13)16)15-5-7)17-6-8-2-1-3-14-8/h4-5,8,14H,1-3,6H2,(H2,13,16)/t8-/m1/s1. The molecule has 2 heterocycles. The first-order valence-electron chi connectivity index (χ1n) is 5.48. The van der Waals surface area contributed by atoms with Crippen molar-refractivity contribution in [3.63, 3.8) is 0 Å². The molecule has 17 heavy (non-hydrogen) atoms. The molecule has 0 bridgehead atoms. The number of nitrogens with one attached hydrogen (secondary N) is 1. The Morgan fingerprint density at radius 1 is 1.71 bits per heavy atom. The van der Waals surface area contributed by atoms with E-state index in [2.05, 4.69) is 10.3 Å². The summed E-state index contributed by atoms with van der Waals surface area (Å²) in [6.45, 7) is 1.49. The van der Waals surface area contributed by atoms with Crippen LogP contribution in [0.15, 0.2) is 12.3 Å². The first-order valence-corrected chi connectivity index (χ1v) is 5.86. The van der Waals surface area contributed by atoms with Crippen molar-refractivity contribution in [2.24, 2.45) is 5.73 Å². The van der Waals surface area contributed by atoms with E-state index in [1.54, 1.807) is 6.07 Å². The normalized spacial score (nSPS) is 19.2. The number of nitrogens with zero attached hydrogens (tertiary/aromatic N) is 1. The molecule has 1 aliphatic heterocycles. The van der Waals surface area contributed by atoms with Gasteiger partial charge in [-0.1, -0.05) is 11.6 Å². The Bertz CT molecular complexity index is 419. The van der Waals surface area contributed by atoms with Gasteiger partial charge in [-0.05, 0) is 19.4 Å². The van der Waals surface area contributed by atoms with E-state index in [1.165, 1.54) is 6.20 Å². The summed E-state index contributed by atoms with van der Waals surface area (Å²) in [5.41, 5.74) is 5.33. The van der Waals surface area contributed by atoms with Gasteiger partial charge >= 0.3 is 0 Å². The van der Waals surface area contributed by atoms with E-state index in [0.717, 1.165) is 19.4 Å². The molecule has 0 unspecified atom stereocenters. The van der Waals surface area contributed by atoms with Crippen molar-refractivity contribution in [1.82, 2.24) is 10.3 Å². The molecule has 1 fully saturated rings. The molecule has 92 valence electrons. The smallest absolute Gasteiger partial charge is 0.271 e. The number of hydrogen-bond donors (Lipinski definition) is 2. The summed E-state index contributed by atoms with van der Waals surface area (Å²) in [6.07, 6.45) is 3.59. The van der Waals surface area contributed by atoms with Gasteiger partial charge in [0.25, 0.3) is 5.91 Å². The zero-order valence-corrected chi connectivity index (χ0v) is 10.0. The molecule has 2 rings (SSSR count). The lowest BCUT2D eigenvalue weighted by molar-refractivity contribution is 0.0990. The zero-order valence-electron chi connectivity index (χ0n) is 9.28. The average molecular weight is 256 g/mol. The second kappa shape index (κ2) is 5.33. The van der Waals surface area contributed by atoms with Crippen LogP contribution in [-0.4, -0.2) is 30.1 Å². The van der Waals surface area contributed by atoms with Gasteiger partial charge in [-0.15, -0.1) is 0 Å². The van der Waals surface area contributed by atoms with Crippen LogP contribution in [0, 0.1) is 0 Å². The molecular formula is C11H14ClN3O2. The zero-order chi connectivity index (χ0) is 12.3. The van der Waals surface area contributed by atoms with Gasteiger partial charge < -0.3 is 15.8 Å². The van der Waals surface area contributed by atoms with Crippen molar-refractivity contribution in [2.45, 2.75) is 18.9 Å². The van der Waals surface area contributed by atoms with Crippen molar-refractivity contribution in [3.8, 4) is 5.75 Å². The number of nitrogens with two attached hydrogens (primary N) is 1. The lowest BCUT2D eigenvalue weighted by Crippen LogP contribution is -2.28. The number of carbonyl (C=O) groups is 1. The summed E-state index contributed by atoms with van der Waals surface area (Å²) >= 11 is 5.81. The molecule has 0 saturated carbocycles. The Morgan fingerprint density at radius 2 is 2.53 bits per heavy atom. The number of ether oxygens (including phenoxy) is 1. The molecule has 1 saturated heterocycles. The van der Waals surface area contributed by atoms with Gasteiger partial charge in [-0.25, -0.2) is 4.98 Å². The summed E-state index contributed by atoms with van der Waals surface area (Å²) < 4.78 is 5.55. The molecule has 0 radical (unpaired) electrons. The lowest BCUT2D eigenvalue weighted by Gasteiger charge is -2.13.